The maximum Gasteiger partial charge on any atom is 0.433 e. The van der Waals surface area contributed by atoms with Crippen molar-refractivity contribution in [3.63, 3.8) is 0 Å². The molecule has 3 heterocycles. The molecule has 2 aliphatic heterocycles. The minimum Gasteiger partial charge on any atom is -0.487 e. The van der Waals surface area contributed by atoms with Gasteiger partial charge in [-0.05, 0) is 47.7 Å². The Kier molecular flexibility index (Phi) is 11.8. The highest BCUT2D eigenvalue weighted by Gasteiger charge is 2.71. The number of piperazine rings is 1. The molecule has 0 spiro atoms. The van der Waals surface area contributed by atoms with Crippen LogP contribution in [0.4, 0.5) is 10.1 Å². The molecule has 2 aromatic rings. The first kappa shape index (κ1) is 35.9. The van der Waals surface area contributed by atoms with Crippen LogP contribution >= 0.6 is 15.2 Å². The molecule has 254 valence electrons. The Bertz CT molecular complexity index is 1440. The zero-order chi connectivity index (χ0) is 33.0. The van der Waals surface area contributed by atoms with E-state index in [4.69, 9.17) is 43.0 Å². The average molecular weight is 684 g/mol. The number of aliphatic hydroxyl groups is 1. The quantitative estimate of drug-likeness (QED) is 0.152. The van der Waals surface area contributed by atoms with E-state index in [0.717, 1.165) is 12.3 Å². The van der Waals surface area contributed by atoms with E-state index in [1.165, 1.54) is 32.3 Å². The summed E-state index contributed by atoms with van der Waals surface area (Å²) in [6.07, 6.45) is 1.08. The maximum absolute atomic E-state index is 16.0. The minimum absolute atomic E-state index is 0.0259. The number of ether oxygens (including phenoxy) is 1. The number of pyridine rings is 1. The number of rotatable bonds is 16. The Morgan fingerprint density at radius 2 is 1.42 bits per heavy atom. The van der Waals surface area contributed by atoms with Gasteiger partial charge in [-0.3, -0.25) is 13.9 Å². The lowest BCUT2D eigenvalue weighted by Crippen LogP contribution is -2.45. The summed E-state index contributed by atoms with van der Waals surface area (Å²) in [7, 11) is -9.06. The third kappa shape index (κ3) is 6.59. The van der Waals surface area contributed by atoms with Crippen molar-refractivity contribution in [1.82, 2.24) is 9.47 Å². The van der Waals surface area contributed by atoms with Gasteiger partial charge >= 0.3 is 20.3 Å². The van der Waals surface area contributed by atoms with Gasteiger partial charge in [-0.25, -0.2) is 23.9 Å². The summed E-state index contributed by atoms with van der Waals surface area (Å²) in [6, 6.07) is 0.445. The number of halogens is 1. The Labute approximate surface area is 259 Å². The van der Waals surface area contributed by atoms with Gasteiger partial charge in [0, 0.05) is 32.4 Å². The van der Waals surface area contributed by atoms with E-state index in [1.54, 1.807) is 6.92 Å². The number of nitrogens with zero attached hydrogens (tertiary/aromatic N) is 3. The highest BCUT2D eigenvalue weighted by atomic mass is 31.2. The average Bonchev–Trinajstić information content (AvgIpc) is 3.03. The van der Waals surface area contributed by atoms with Gasteiger partial charge < -0.3 is 24.2 Å². The van der Waals surface area contributed by atoms with E-state index in [2.05, 4.69) is 4.90 Å². The monoisotopic (exact) mass is 683 g/mol. The topological polar surface area (TPSA) is 166 Å². The van der Waals surface area contributed by atoms with Crippen molar-refractivity contribution in [2.45, 2.75) is 45.7 Å². The van der Waals surface area contributed by atoms with E-state index in [0.29, 0.717) is 26.2 Å². The van der Waals surface area contributed by atoms with E-state index < -0.39 is 43.1 Å². The lowest BCUT2D eigenvalue weighted by molar-refractivity contribution is -0.283. The Hall–Kier alpha value is -1.98. The molecule has 0 amide bonds. The first-order chi connectivity index (χ1) is 21.4. The predicted octanol–water partition coefficient (Wildman–Crippen LogP) is 4.21. The van der Waals surface area contributed by atoms with Gasteiger partial charge in [-0.1, -0.05) is 0 Å². The van der Waals surface area contributed by atoms with Crippen molar-refractivity contribution in [2.75, 3.05) is 71.2 Å². The Balaban J connectivity index is 2.08. The Morgan fingerprint density at radius 1 is 0.933 bits per heavy atom. The van der Waals surface area contributed by atoms with E-state index in [1.807, 2.05) is 11.9 Å². The van der Waals surface area contributed by atoms with E-state index in [9.17, 15) is 19.0 Å². The number of aromatic nitrogens is 1. The molecule has 1 fully saturated rings. The van der Waals surface area contributed by atoms with Crippen LogP contribution in [0.1, 0.15) is 46.2 Å². The van der Waals surface area contributed by atoms with Gasteiger partial charge in [-0.15, -0.1) is 18.7 Å². The minimum atomic E-state index is -5.51. The zero-order valence-corrected chi connectivity index (χ0v) is 27.8. The molecule has 0 bridgehead atoms. The van der Waals surface area contributed by atoms with Gasteiger partial charge in [0.05, 0.1) is 48.9 Å². The Morgan fingerprint density at radius 3 is 1.89 bits per heavy atom. The summed E-state index contributed by atoms with van der Waals surface area (Å²) in [5, 5.41) is 8.44. The highest BCUT2D eigenvalue weighted by molar-refractivity contribution is 7.72. The second-order valence-corrected chi connectivity index (χ2v) is 14.4. The molecule has 1 atom stereocenters. The van der Waals surface area contributed by atoms with Crippen molar-refractivity contribution in [3.8, 4) is 5.75 Å². The van der Waals surface area contributed by atoms with Crippen molar-refractivity contribution >= 4 is 31.8 Å². The van der Waals surface area contributed by atoms with Crippen molar-refractivity contribution in [1.29, 1.82) is 0 Å². The van der Waals surface area contributed by atoms with Crippen molar-refractivity contribution in [3.05, 3.63) is 33.9 Å². The number of benzene rings is 1. The maximum atomic E-state index is 16.0. The summed E-state index contributed by atoms with van der Waals surface area (Å²) in [5.74, 6) is -0.668. The SMILES string of the molecule is CCOOP(=O)(OOCC)C(O)(c1cn2c3c(c(N4CCN(C)CC4)c(F)cc3c1=O)OCC2C)P(=O)(OOCC)OOCC. The third-order valence-corrected chi connectivity index (χ3v) is 11.8. The van der Waals surface area contributed by atoms with Crippen LogP contribution < -0.4 is 15.1 Å². The van der Waals surface area contributed by atoms with Gasteiger partial charge in [0.15, 0.2) is 17.0 Å². The van der Waals surface area contributed by atoms with Gasteiger partial charge in [0.25, 0.3) is 0 Å². The molecular formula is C26H40FN3O13P2. The smallest absolute Gasteiger partial charge is 0.433 e. The zero-order valence-electron chi connectivity index (χ0n) is 26.1. The summed E-state index contributed by atoms with van der Waals surface area (Å²) in [6.45, 7) is 8.99. The molecule has 1 aromatic heterocycles. The molecule has 0 aliphatic carbocycles. The molecule has 16 nitrogen and oxygen atoms in total. The van der Waals surface area contributed by atoms with Crippen LogP contribution in [0, 0.1) is 5.82 Å². The van der Waals surface area contributed by atoms with Crippen molar-refractivity contribution in [2.24, 2.45) is 0 Å². The van der Waals surface area contributed by atoms with Crippen LogP contribution in [0.25, 0.3) is 10.9 Å². The number of likely N-dealkylation sites (N-methyl/N-ethyl adjacent to an activating group) is 1. The number of hydrogen-bond donors (Lipinski definition) is 1. The lowest BCUT2D eigenvalue weighted by Gasteiger charge is -2.38. The first-order valence-corrected chi connectivity index (χ1v) is 17.7. The number of hydrogen-bond acceptors (Lipinski definition) is 15. The van der Waals surface area contributed by atoms with Crippen LogP contribution in [-0.2, 0) is 52.5 Å². The molecule has 45 heavy (non-hydrogen) atoms. The molecule has 4 rings (SSSR count). The second kappa shape index (κ2) is 14.8. The van der Waals surface area contributed by atoms with Crippen LogP contribution in [-0.4, -0.2) is 80.8 Å². The van der Waals surface area contributed by atoms with Gasteiger partial charge in [0.2, 0.25) is 0 Å². The molecule has 1 N–H and O–H groups in total. The summed E-state index contributed by atoms with van der Waals surface area (Å²) in [4.78, 5) is 37.8. The standard InChI is InChI=1S/C26H40FN3O13P2/c1-7-36-40-44(33,41-37-8-2)26(32,45(34,42-38-9-3)43-39-10-4)20-16-30-18(5)17-35-25-22(30)19(24(20)31)15-21(27)23(25)29-13-11-28(6)12-14-29/h15-16,18,32H,7-14,17H2,1-6H3. The predicted molar refractivity (Wildman–Crippen MR) is 158 cm³/mol. The van der Waals surface area contributed by atoms with Crippen LogP contribution in [0.5, 0.6) is 5.75 Å². The molecule has 19 heteroatoms. The summed E-state index contributed by atoms with van der Waals surface area (Å²) >= 11 is 0. The van der Waals surface area contributed by atoms with Crippen molar-refractivity contribution < 1.29 is 61.6 Å². The molecule has 1 unspecified atom stereocenters. The third-order valence-electron chi connectivity index (χ3n) is 7.16. The fourth-order valence-electron chi connectivity index (χ4n) is 4.94. The van der Waals surface area contributed by atoms with Gasteiger partial charge in [-0.2, -0.15) is 0 Å². The molecule has 1 aromatic carbocycles. The fraction of sp³-hybridized carbons (Fsp3) is 0.654. The van der Waals surface area contributed by atoms with E-state index in [-0.39, 0.29) is 55.4 Å². The largest absolute Gasteiger partial charge is 0.487 e. The molecule has 0 radical (unpaired) electrons. The molecule has 1 saturated heterocycles. The summed E-state index contributed by atoms with van der Waals surface area (Å²) in [5.41, 5.74) is -1.66. The van der Waals surface area contributed by atoms with E-state index >= 15 is 4.39 Å². The van der Waals surface area contributed by atoms with Crippen LogP contribution in [0.3, 0.4) is 0 Å². The second-order valence-electron chi connectivity index (χ2n) is 10.2. The fourth-order valence-corrected chi connectivity index (χ4v) is 8.89. The number of anilines is 1. The van der Waals surface area contributed by atoms with Gasteiger partial charge in [0.1, 0.15) is 12.3 Å². The normalized spacial score (nSPS) is 18.0. The van der Waals surface area contributed by atoms with Crippen LogP contribution in [0.15, 0.2) is 17.1 Å². The molecular weight excluding hydrogens is 643 g/mol. The summed E-state index contributed by atoms with van der Waals surface area (Å²) < 4.78 is 72.5. The highest BCUT2D eigenvalue weighted by Crippen LogP contribution is 2.81. The lowest BCUT2D eigenvalue weighted by atomic mass is 10.1. The van der Waals surface area contributed by atoms with Crippen LogP contribution in [0.2, 0.25) is 0 Å². The molecule has 2 aliphatic rings. The first-order valence-electron chi connectivity index (χ1n) is 14.6. The molecule has 0 saturated carbocycles.